The Bertz CT molecular complexity index is 686. The summed E-state index contributed by atoms with van der Waals surface area (Å²) in [6.45, 7) is 2.02. The van der Waals surface area contributed by atoms with Gasteiger partial charge in [-0.3, -0.25) is 4.39 Å². The quantitative estimate of drug-likeness (QED) is 0.704. The largest absolute Gasteiger partial charge is 0.496 e. The number of halogens is 1. The molecule has 0 N–H and O–H groups in total. The summed E-state index contributed by atoms with van der Waals surface area (Å²) in [4.78, 5) is 0. The van der Waals surface area contributed by atoms with Crippen LogP contribution in [0.4, 0.5) is 4.39 Å². The zero-order valence-corrected chi connectivity index (χ0v) is 15.6. The third kappa shape index (κ3) is 5.14. The molecule has 0 saturated carbocycles. The number of ether oxygens (including phenoxy) is 4. The van der Waals surface area contributed by atoms with Crippen molar-refractivity contribution in [3.8, 4) is 23.0 Å². The molecule has 0 saturated heterocycles. The highest BCUT2D eigenvalue weighted by atomic mass is 19.1. The fourth-order valence-electron chi connectivity index (χ4n) is 2.40. The van der Waals surface area contributed by atoms with E-state index in [-0.39, 0.29) is 0 Å². The standard InChI is InChI=1S/C19H22O4.CH3F/c1-13-10-14(8-9-16(13)20-2)6-7-15-11-17(21-3)19(23-5)18(12-15)22-4;1-2/h6-12H,1-5H3;1H3/b7-6-;. The first-order chi connectivity index (χ1) is 12.1. The molecule has 2 aromatic carbocycles. The molecule has 0 aliphatic rings. The Kier molecular flexibility index (Phi) is 8.33. The van der Waals surface area contributed by atoms with Gasteiger partial charge in [-0.25, -0.2) is 0 Å². The number of benzene rings is 2. The molecule has 0 aliphatic heterocycles. The van der Waals surface area contributed by atoms with Crippen LogP contribution in [0.1, 0.15) is 16.7 Å². The Morgan fingerprint density at radius 3 is 1.64 bits per heavy atom. The van der Waals surface area contributed by atoms with Gasteiger partial charge in [-0.15, -0.1) is 0 Å². The molecule has 0 fully saturated rings. The maximum atomic E-state index is 9.50. The van der Waals surface area contributed by atoms with Gasteiger partial charge in [0.2, 0.25) is 5.75 Å². The maximum absolute atomic E-state index is 9.50. The van der Waals surface area contributed by atoms with Crippen LogP contribution in [0.2, 0.25) is 0 Å². The molecule has 2 aromatic rings. The second kappa shape index (κ2) is 10.2. The molecule has 2 rings (SSSR count). The first-order valence-electron chi connectivity index (χ1n) is 7.63. The molecule has 0 amide bonds. The van der Waals surface area contributed by atoms with Gasteiger partial charge in [-0.1, -0.05) is 18.2 Å². The first kappa shape index (κ1) is 20.4. The molecule has 0 unspecified atom stereocenters. The Morgan fingerprint density at radius 2 is 1.20 bits per heavy atom. The number of rotatable bonds is 6. The fraction of sp³-hybridized carbons (Fsp3) is 0.300. The van der Waals surface area contributed by atoms with E-state index in [1.807, 2.05) is 43.3 Å². The van der Waals surface area contributed by atoms with Gasteiger partial charge in [0.1, 0.15) is 5.75 Å². The van der Waals surface area contributed by atoms with Gasteiger partial charge in [0.05, 0.1) is 35.6 Å². The van der Waals surface area contributed by atoms with Crippen molar-refractivity contribution in [3.05, 3.63) is 47.0 Å². The summed E-state index contributed by atoms with van der Waals surface area (Å²) in [6, 6.07) is 9.88. The fourth-order valence-corrected chi connectivity index (χ4v) is 2.40. The predicted octanol–water partition coefficient (Wildman–Crippen LogP) is 4.79. The topological polar surface area (TPSA) is 36.9 Å². The summed E-state index contributed by atoms with van der Waals surface area (Å²) in [5.41, 5.74) is 3.16. The van der Waals surface area contributed by atoms with Crippen molar-refractivity contribution in [3.63, 3.8) is 0 Å². The van der Waals surface area contributed by atoms with Crippen molar-refractivity contribution >= 4 is 12.2 Å². The highest BCUT2D eigenvalue weighted by molar-refractivity contribution is 5.73. The van der Waals surface area contributed by atoms with Crippen LogP contribution in [0.3, 0.4) is 0 Å². The van der Waals surface area contributed by atoms with E-state index >= 15 is 0 Å². The first-order valence-corrected chi connectivity index (χ1v) is 7.63. The second-order valence-electron chi connectivity index (χ2n) is 5.02. The minimum Gasteiger partial charge on any atom is -0.496 e. The highest BCUT2D eigenvalue weighted by Gasteiger charge is 2.11. The summed E-state index contributed by atoms with van der Waals surface area (Å²) in [6.07, 6.45) is 4.04. The van der Waals surface area contributed by atoms with Crippen LogP contribution in [-0.4, -0.2) is 35.6 Å². The Hall–Kier alpha value is -2.69. The van der Waals surface area contributed by atoms with Gasteiger partial charge in [0.15, 0.2) is 11.5 Å². The molecular weight excluding hydrogens is 323 g/mol. The number of alkyl halides is 1. The van der Waals surface area contributed by atoms with E-state index in [9.17, 15) is 4.39 Å². The number of methoxy groups -OCH3 is 4. The van der Waals surface area contributed by atoms with Gasteiger partial charge in [0.25, 0.3) is 0 Å². The molecule has 0 spiro atoms. The lowest BCUT2D eigenvalue weighted by Gasteiger charge is -2.12. The normalized spacial score (nSPS) is 10.0. The van der Waals surface area contributed by atoms with E-state index < -0.39 is 0 Å². The van der Waals surface area contributed by atoms with Crippen LogP contribution in [-0.2, 0) is 0 Å². The zero-order valence-electron chi connectivity index (χ0n) is 15.6. The van der Waals surface area contributed by atoms with Crippen molar-refractivity contribution in [2.75, 3.05) is 35.6 Å². The summed E-state index contributed by atoms with van der Waals surface area (Å²) in [5, 5.41) is 0. The van der Waals surface area contributed by atoms with Crippen LogP contribution >= 0.6 is 0 Å². The maximum Gasteiger partial charge on any atom is 0.203 e. The van der Waals surface area contributed by atoms with E-state index in [0.29, 0.717) is 24.4 Å². The van der Waals surface area contributed by atoms with Crippen molar-refractivity contribution in [2.45, 2.75) is 6.92 Å². The van der Waals surface area contributed by atoms with Crippen LogP contribution in [0, 0.1) is 6.92 Å². The average molecular weight is 348 g/mol. The third-order valence-corrected chi connectivity index (χ3v) is 3.57. The van der Waals surface area contributed by atoms with Gasteiger partial charge < -0.3 is 18.9 Å². The van der Waals surface area contributed by atoms with Crippen molar-refractivity contribution in [1.82, 2.24) is 0 Å². The summed E-state index contributed by atoms with van der Waals surface area (Å²) in [5.74, 6) is 2.75. The number of aryl methyl sites for hydroxylation is 1. The van der Waals surface area contributed by atoms with E-state index in [2.05, 4.69) is 6.07 Å². The molecule has 25 heavy (non-hydrogen) atoms. The third-order valence-electron chi connectivity index (χ3n) is 3.57. The number of hydrogen-bond donors (Lipinski definition) is 0. The molecule has 0 heterocycles. The van der Waals surface area contributed by atoms with Crippen molar-refractivity contribution < 1.29 is 23.3 Å². The summed E-state index contributed by atoms with van der Waals surface area (Å²) >= 11 is 0. The molecule has 0 bridgehead atoms. The molecule has 0 radical (unpaired) electrons. The molecule has 0 aromatic heterocycles. The zero-order chi connectivity index (χ0) is 18.8. The highest BCUT2D eigenvalue weighted by Crippen LogP contribution is 2.38. The van der Waals surface area contributed by atoms with Crippen LogP contribution in [0.5, 0.6) is 23.0 Å². The Morgan fingerprint density at radius 1 is 0.680 bits per heavy atom. The molecule has 0 atom stereocenters. The Balaban J connectivity index is 0.00000151. The summed E-state index contributed by atoms with van der Waals surface area (Å²) < 4.78 is 30.8. The van der Waals surface area contributed by atoms with Crippen LogP contribution in [0.15, 0.2) is 30.3 Å². The molecule has 5 heteroatoms. The van der Waals surface area contributed by atoms with Gasteiger partial charge in [-0.2, -0.15) is 0 Å². The molecular formula is C20H25FO4. The second-order valence-corrected chi connectivity index (χ2v) is 5.02. The SMILES string of the molecule is CF.COc1ccc(/C=C\c2cc(OC)c(OC)c(OC)c2)cc1C. The van der Waals surface area contributed by atoms with E-state index in [0.717, 1.165) is 22.4 Å². The summed E-state index contributed by atoms with van der Waals surface area (Å²) in [7, 11) is 6.99. The van der Waals surface area contributed by atoms with Gasteiger partial charge >= 0.3 is 0 Å². The minimum absolute atomic E-state index is 0.500. The smallest absolute Gasteiger partial charge is 0.203 e. The van der Waals surface area contributed by atoms with Crippen LogP contribution < -0.4 is 18.9 Å². The molecule has 0 aliphatic carbocycles. The average Bonchev–Trinajstić information content (AvgIpc) is 2.67. The predicted molar refractivity (Wildman–Crippen MR) is 99.8 cm³/mol. The minimum atomic E-state index is 0.500. The lowest BCUT2D eigenvalue weighted by Crippen LogP contribution is -1.95. The monoisotopic (exact) mass is 348 g/mol. The lowest BCUT2D eigenvalue weighted by atomic mass is 10.1. The Labute approximate surface area is 148 Å². The van der Waals surface area contributed by atoms with Gasteiger partial charge in [-0.05, 0) is 47.9 Å². The van der Waals surface area contributed by atoms with Crippen molar-refractivity contribution in [1.29, 1.82) is 0 Å². The van der Waals surface area contributed by atoms with E-state index in [1.165, 1.54) is 0 Å². The molecule has 4 nitrogen and oxygen atoms in total. The van der Waals surface area contributed by atoms with Crippen LogP contribution in [0.25, 0.3) is 12.2 Å². The van der Waals surface area contributed by atoms with Gasteiger partial charge in [0, 0.05) is 0 Å². The van der Waals surface area contributed by atoms with E-state index in [1.54, 1.807) is 28.4 Å². The van der Waals surface area contributed by atoms with E-state index in [4.69, 9.17) is 18.9 Å². The van der Waals surface area contributed by atoms with Crippen molar-refractivity contribution in [2.24, 2.45) is 0 Å². The molecule has 136 valence electrons. The number of hydrogen-bond acceptors (Lipinski definition) is 4. The lowest BCUT2D eigenvalue weighted by molar-refractivity contribution is 0.324.